The molecule has 3 N–H and O–H groups in total. The molecule has 14 heavy (non-hydrogen) atoms. The van der Waals surface area contributed by atoms with Crippen molar-refractivity contribution in [3.8, 4) is 5.75 Å². The molecule has 72 valence electrons. The first-order valence-corrected chi connectivity index (χ1v) is 3.73. The number of carboxylic acid groups (broad SMARTS) is 1. The number of hydrogen-bond acceptors (Lipinski definition) is 2. The van der Waals surface area contributed by atoms with Gasteiger partial charge in [-0.3, -0.25) is 4.79 Å². The zero-order valence-electron chi connectivity index (χ0n) is 11.9. The lowest BCUT2D eigenvalue weighted by Gasteiger charge is -1.95. The monoisotopic (exact) mass is 196 g/mol. The fraction of sp³-hybridized carbons (Fsp3) is 0.100. The molecule has 2 aromatic rings. The van der Waals surface area contributed by atoms with Crippen molar-refractivity contribution in [3.05, 3.63) is 29.9 Å². The van der Waals surface area contributed by atoms with Gasteiger partial charge < -0.3 is 15.2 Å². The third-order valence-electron chi connectivity index (χ3n) is 1.67. The molecule has 0 bridgehead atoms. The van der Waals surface area contributed by atoms with Crippen molar-refractivity contribution in [2.24, 2.45) is 0 Å². The van der Waals surface area contributed by atoms with Crippen molar-refractivity contribution >= 4 is 16.9 Å². The predicted octanol–water partition coefficient (Wildman–Crippen LogP) is 1.50. The molecule has 1 heterocycles. The first-order chi connectivity index (χ1) is 8.69. The Kier molecular flexibility index (Phi) is 0.985. The summed E-state index contributed by atoms with van der Waals surface area (Å²) in [6.07, 6.45) is -1.73. The fourth-order valence-corrected chi connectivity index (χ4v) is 1.14. The van der Waals surface area contributed by atoms with Crippen LogP contribution in [0.25, 0.3) is 10.9 Å². The highest BCUT2D eigenvalue weighted by Gasteiger charge is 2.07. The van der Waals surface area contributed by atoms with Gasteiger partial charge >= 0.3 is 5.97 Å². The summed E-state index contributed by atoms with van der Waals surface area (Å²) in [5.74, 6) is -2.52. The Morgan fingerprint density at radius 2 is 2.43 bits per heavy atom. The Balaban J connectivity index is 2.92. The van der Waals surface area contributed by atoms with Gasteiger partial charge in [0.15, 0.2) is 0 Å². The summed E-state index contributed by atoms with van der Waals surface area (Å²) >= 11 is 0. The minimum absolute atomic E-state index is 0.0482. The molecule has 0 aliphatic heterocycles. The van der Waals surface area contributed by atoms with Gasteiger partial charge in [0.1, 0.15) is 5.75 Å². The average Bonchev–Trinajstić information content (AvgIpc) is 2.78. The van der Waals surface area contributed by atoms with Crippen molar-refractivity contribution in [2.75, 3.05) is 0 Å². The molecule has 0 radical (unpaired) electrons. The van der Waals surface area contributed by atoms with E-state index in [1.54, 1.807) is 0 Å². The number of carboxylic acids is 1. The smallest absolute Gasteiger partial charge is 0.307 e. The van der Waals surface area contributed by atoms with E-state index in [2.05, 4.69) is 4.98 Å². The van der Waals surface area contributed by atoms with Crippen LogP contribution in [0.15, 0.2) is 24.3 Å². The van der Waals surface area contributed by atoms with E-state index in [1.165, 1.54) is 0 Å². The van der Waals surface area contributed by atoms with Crippen molar-refractivity contribution in [3.63, 3.8) is 0 Å². The van der Waals surface area contributed by atoms with Crippen molar-refractivity contribution in [1.29, 1.82) is 0 Å². The van der Waals surface area contributed by atoms with Crippen molar-refractivity contribution < 1.29 is 21.9 Å². The van der Waals surface area contributed by atoms with E-state index in [1.807, 2.05) is 0 Å². The molecule has 0 unspecified atom stereocenters. The third kappa shape index (κ3) is 1.42. The van der Waals surface area contributed by atoms with Crippen LogP contribution in [0.2, 0.25) is 0 Å². The number of rotatable bonds is 2. The molecule has 0 fully saturated rings. The van der Waals surface area contributed by atoms with Crippen LogP contribution in [0.1, 0.15) is 12.4 Å². The summed E-state index contributed by atoms with van der Waals surface area (Å²) in [7, 11) is 0. The van der Waals surface area contributed by atoms with Gasteiger partial charge in [-0.25, -0.2) is 0 Å². The highest BCUT2D eigenvalue weighted by atomic mass is 16.4. The summed E-state index contributed by atoms with van der Waals surface area (Å²) in [6.45, 7) is 0. The van der Waals surface area contributed by atoms with Crippen LogP contribution in [0.4, 0.5) is 0 Å². The molecular weight excluding hydrogens is 182 g/mol. The summed E-state index contributed by atoms with van der Waals surface area (Å²) in [6, 6.07) is -1.56. The molecule has 0 saturated heterocycles. The maximum atomic E-state index is 10.9. The Hall–Kier alpha value is -1.97. The second kappa shape index (κ2) is 3.06. The van der Waals surface area contributed by atoms with Gasteiger partial charge in [-0.05, 0) is 23.7 Å². The molecule has 0 saturated carbocycles. The number of aromatic amines is 1. The Morgan fingerprint density at radius 1 is 1.64 bits per heavy atom. The molecule has 1 aromatic heterocycles. The number of H-pyrrole nitrogens is 1. The van der Waals surface area contributed by atoms with Gasteiger partial charge in [0.25, 0.3) is 0 Å². The van der Waals surface area contributed by atoms with E-state index < -0.39 is 36.2 Å². The number of hydrogen-bond donors (Lipinski definition) is 3. The Morgan fingerprint density at radius 3 is 3.14 bits per heavy atom. The number of carbonyl (C=O) groups is 1. The van der Waals surface area contributed by atoms with E-state index in [-0.39, 0.29) is 16.5 Å². The first-order valence-electron chi connectivity index (χ1n) is 6.23. The zero-order valence-corrected chi connectivity index (χ0v) is 6.88. The van der Waals surface area contributed by atoms with Crippen LogP contribution in [-0.4, -0.2) is 21.2 Å². The average molecular weight is 196 g/mol. The van der Waals surface area contributed by atoms with E-state index in [9.17, 15) is 9.90 Å². The van der Waals surface area contributed by atoms with Crippen LogP contribution >= 0.6 is 0 Å². The van der Waals surface area contributed by atoms with Gasteiger partial charge in [-0.15, -0.1) is 0 Å². The number of aromatic nitrogens is 1. The number of benzene rings is 1. The third-order valence-corrected chi connectivity index (χ3v) is 1.67. The van der Waals surface area contributed by atoms with Crippen LogP contribution in [0, 0.1) is 0 Å². The van der Waals surface area contributed by atoms with E-state index in [4.69, 9.17) is 12.0 Å². The molecule has 0 amide bonds. The largest absolute Gasteiger partial charge is 0.508 e. The summed E-state index contributed by atoms with van der Waals surface area (Å²) in [4.78, 5) is 13.4. The number of aliphatic carboxylic acids is 1. The fourth-order valence-electron chi connectivity index (χ4n) is 1.14. The minimum Gasteiger partial charge on any atom is -0.508 e. The topological polar surface area (TPSA) is 73.3 Å². The van der Waals surface area contributed by atoms with Crippen LogP contribution in [0.3, 0.4) is 0 Å². The summed E-state index contributed by atoms with van der Waals surface area (Å²) in [5.41, 5.74) is -0.406. The Bertz CT molecular complexity index is 694. The standard InChI is InChI=1S/C10H9NO3/c12-7-1-2-9-8(4-7)6(5-11-9)3-10(13)14/h1-2,4-5,11-12H,3H2,(H,13,14)/i1D,2D,3D2,4D. The lowest BCUT2D eigenvalue weighted by atomic mass is 10.1. The van der Waals surface area contributed by atoms with E-state index >= 15 is 0 Å². The van der Waals surface area contributed by atoms with Gasteiger partial charge in [0.05, 0.1) is 10.5 Å². The maximum Gasteiger partial charge on any atom is 0.307 e. The van der Waals surface area contributed by atoms with E-state index in [0.717, 1.165) is 6.20 Å². The van der Waals surface area contributed by atoms with Gasteiger partial charge in [-0.2, -0.15) is 0 Å². The van der Waals surface area contributed by atoms with Gasteiger partial charge in [0, 0.05) is 19.8 Å². The molecule has 4 nitrogen and oxygen atoms in total. The lowest BCUT2D eigenvalue weighted by Crippen LogP contribution is -1.98. The van der Waals surface area contributed by atoms with Crippen LogP contribution in [-0.2, 0) is 11.2 Å². The minimum atomic E-state index is -2.77. The van der Waals surface area contributed by atoms with E-state index in [0.29, 0.717) is 0 Å². The molecule has 4 heteroatoms. The quantitative estimate of drug-likeness (QED) is 0.681. The summed E-state index contributed by atoms with van der Waals surface area (Å²) in [5, 5.41) is 18.2. The lowest BCUT2D eigenvalue weighted by molar-refractivity contribution is -0.136. The molecule has 0 spiro atoms. The Labute approximate surface area is 86.8 Å². The molecule has 0 aliphatic rings. The molecule has 1 aromatic carbocycles. The molecule has 0 atom stereocenters. The molecular formula is C10H9NO3. The van der Waals surface area contributed by atoms with Gasteiger partial charge in [-0.1, -0.05) is 0 Å². The highest BCUT2D eigenvalue weighted by Crippen LogP contribution is 2.23. The molecule has 0 aliphatic carbocycles. The second-order valence-corrected chi connectivity index (χ2v) is 2.61. The van der Waals surface area contributed by atoms with Gasteiger partial charge in [0.2, 0.25) is 0 Å². The highest BCUT2D eigenvalue weighted by molar-refractivity contribution is 5.87. The number of aromatic hydroxyl groups is 1. The van der Waals surface area contributed by atoms with Crippen LogP contribution in [0.5, 0.6) is 5.75 Å². The number of phenolic OH excluding ortho intramolecular Hbond substituents is 1. The predicted molar refractivity (Wildman–Crippen MR) is 51.3 cm³/mol. The van der Waals surface area contributed by atoms with Crippen molar-refractivity contribution in [2.45, 2.75) is 6.37 Å². The number of phenols is 1. The normalized spacial score (nSPS) is 16.7. The summed E-state index contributed by atoms with van der Waals surface area (Å²) < 4.78 is 37.7. The zero-order chi connectivity index (χ0) is 14.5. The molecule has 2 rings (SSSR count). The second-order valence-electron chi connectivity index (χ2n) is 2.61. The maximum absolute atomic E-state index is 10.9. The number of fused-ring (bicyclic) bond motifs is 1. The first kappa shape index (κ1) is 4.50. The SMILES string of the molecule is [2H]c1c(O)c([2H])c2c(C([2H])([2H])C(=O)O)c[nH]c2c1[2H]. The number of nitrogens with one attached hydrogen (secondary N) is 1. The van der Waals surface area contributed by atoms with Crippen molar-refractivity contribution in [1.82, 2.24) is 4.98 Å². The van der Waals surface area contributed by atoms with Crippen LogP contribution < -0.4 is 0 Å².